The van der Waals surface area contributed by atoms with Gasteiger partial charge in [-0.05, 0) is 50.3 Å². The zero-order valence-corrected chi connectivity index (χ0v) is 13.7. The number of Topliss-reactive ketones (excluding diaryl/α,β-unsaturated/α-hetero) is 1. The molecule has 0 radical (unpaired) electrons. The van der Waals surface area contributed by atoms with Crippen molar-refractivity contribution in [2.24, 2.45) is 11.8 Å². The molecule has 0 spiro atoms. The van der Waals surface area contributed by atoms with Crippen LogP contribution in [0.1, 0.15) is 44.5 Å². The van der Waals surface area contributed by atoms with E-state index in [1.165, 1.54) is 6.42 Å². The SMILES string of the molecule is CC(=O)c1cc(Br)ccc1N1CC(C)CC(C)C1C. The van der Waals surface area contributed by atoms with Crippen LogP contribution in [-0.2, 0) is 0 Å². The van der Waals surface area contributed by atoms with Crippen LogP contribution in [0.25, 0.3) is 0 Å². The number of benzene rings is 1. The first-order valence-corrected chi connectivity index (χ1v) is 7.76. The standard InChI is InChI=1S/C16H22BrNO/c1-10-7-11(2)12(3)18(9-10)16-6-5-14(17)8-15(16)13(4)19/h5-6,8,10-12H,7,9H2,1-4H3. The van der Waals surface area contributed by atoms with Crippen molar-refractivity contribution in [2.75, 3.05) is 11.4 Å². The number of nitrogens with zero attached hydrogens (tertiary/aromatic N) is 1. The van der Waals surface area contributed by atoms with Gasteiger partial charge in [0.2, 0.25) is 0 Å². The maximum absolute atomic E-state index is 11.9. The Kier molecular flexibility index (Phi) is 4.34. The lowest BCUT2D eigenvalue weighted by Crippen LogP contribution is -2.46. The Bertz CT molecular complexity index is 486. The molecule has 0 N–H and O–H groups in total. The van der Waals surface area contributed by atoms with Crippen molar-refractivity contribution < 1.29 is 4.79 Å². The van der Waals surface area contributed by atoms with Crippen LogP contribution in [0.5, 0.6) is 0 Å². The molecule has 3 unspecified atom stereocenters. The van der Waals surface area contributed by atoms with Gasteiger partial charge in [0.25, 0.3) is 0 Å². The van der Waals surface area contributed by atoms with Gasteiger partial charge in [-0.2, -0.15) is 0 Å². The Morgan fingerprint density at radius 3 is 2.63 bits per heavy atom. The molecule has 1 fully saturated rings. The average molecular weight is 324 g/mol. The van der Waals surface area contributed by atoms with E-state index in [1.807, 2.05) is 12.1 Å². The second-order valence-electron chi connectivity index (χ2n) is 5.93. The van der Waals surface area contributed by atoms with Gasteiger partial charge in [0.05, 0.1) is 0 Å². The molecule has 1 aromatic carbocycles. The molecular formula is C16H22BrNO. The van der Waals surface area contributed by atoms with E-state index in [0.717, 1.165) is 22.3 Å². The van der Waals surface area contributed by atoms with Gasteiger partial charge < -0.3 is 4.90 Å². The lowest BCUT2D eigenvalue weighted by atomic mass is 9.85. The number of hydrogen-bond acceptors (Lipinski definition) is 2. The fraction of sp³-hybridized carbons (Fsp3) is 0.562. The van der Waals surface area contributed by atoms with Crippen LogP contribution in [0.15, 0.2) is 22.7 Å². The van der Waals surface area contributed by atoms with Crippen LogP contribution in [0.3, 0.4) is 0 Å². The smallest absolute Gasteiger partial charge is 0.161 e. The van der Waals surface area contributed by atoms with E-state index in [9.17, 15) is 4.79 Å². The minimum absolute atomic E-state index is 0.134. The molecular weight excluding hydrogens is 302 g/mol. The number of piperidine rings is 1. The van der Waals surface area contributed by atoms with Gasteiger partial charge in [0.1, 0.15) is 0 Å². The topological polar surface area (TPSA) is 20.3 Å². The first-order chi connectivity index (χ1) is 8.90. The third kappa shape index (κ3) is 3.02. The van der Waals surface area contributed by atoms with Crippen molar-refractivity contribution in [3.05, 3.63) is 28.2 Å². The Hall–Kier alpha value is -0.830. The number of carbonyl (C=O) groups excluding carboxylic acids is 1. The van der Waals surface area contributed by atoms with Crippen LogP contribution in [0, 0.1) is 11.8 Å². The predicted molar refractivity (Wildman–Crippen MR) is 83.9 cm³/mol. The summed E-state index contributed by atoms with van der Waals surface area (Å²) in [4.78, 5) is 14.3. The fourth-order valence-electron chi connectivity index (χ4n) is 3.07. The van der Waals surface area contributed by atoms with Crippen LogP contribution in [0.4, 0.5) is 5.69 Å². The van der Waals surface area contributed by atoms with Crippen molar-refractivity contribution in [3.63, 3.8) is 0 Å². The van der Waals surface area contributed by atoms with Crippen molar-refractivity contribution in [1.29, 1.82) is 0 Å². The van der Waals surface area contributed by atoms with Crippen molar-refractivity contribution in [1.82, 2.24) is 0 Å². The van der Waals surface area contributed by atoms with E-state index < -0.39 is 0 Å². The van der Waals surface area contributed by atoms with Gasteiger partial charge in [-0.1, -0.05) is 29.8 Å². The molecule has 0 aromatic heterocycles. The van der Waals surface area contributed by atoms with E-state index in [-0.39, 0.29) is 5.78 Å². The second kappa shape index (κ2) is 5.66. The van der Waals surface area contributed by atoms with Crippen molar-refractivity contribution >= 4 is 27.4 Å². The molecule has 0 bridgehead atoms. The third-order valence-electron chi connectivity index (χ3n) is 4.24. The minimum atomic E-state index is 0.134. The maximum Gasteiger partial charge on any atom is 0.161 e. The number of rotatable bonds is 2. The Morgan fingerprint density at radius 2 is 2.00 bits per heavy atom. The van der Waals surface area contributed by atoms with Gasteiger partial charge in [-0.25, -0.2) is 0 Å². The van der Waals surface area contributed by atoms with Gasteiger partial charge >= 0.3 is 0 Å². The van der Waals surface area contributed by atoms with E-state index >= 15 is 0 Å². The number of anilines is 1. The Labute approximate surface area is 124 Å². The van der Waals surface area contributed by atoms with Crippen LogP contribution >= 0.6 is 15.9 Å². The Balaban J connectivity index is 2.42. The zero-order chi connectivity index (χ0) is 14.2. The quantitative estimate of drug-likeness (QED) is 0.745. The summed E-state index contributed by atoms with van der Waals surface area (Å²) in [6, 6.07) is 6.52. The summed E-state index contributed by atoms with van der Waals surface area (Å²) in [7, 11) is 0. The average Bonchev–Trinajstić information content (AvgIpc) is 2.34. The highest BCUT2D eigenvalue weighted by Gasteiger charge is 2.30. The molecule has 1 aliphatic rings. The lowest BCUT2D eigenvalue weighted by molar-refractivity contribution is 0.101. The van der Waals surface area contributed by atoms with Crippen molar-refractivity contribution in [2.45, 2.75) is 40.2 Å². The summed E-state index contributed by atoms with van der Waals surface area (Å²) in [5.74, 6) is 1.47. The molecule has 1 saturated heterocycles. The molecule has 19 heavy (non-hydrogen) atoms. The number of carbonyl (C=O) groups is 1. The highest BCUT2D eigenvalue weighted by molar-refractivity contribution is 9.10. The molecule has 104 valence electrons. The zero-order valence-electron chi connectivity index (χ0n) is 12.1. The summed E-state index contributed by atoms with van der Waals surface area (Å²) in [5.41, 5.74) is 1.91. The van der Waals surface area contributed by atoms with E-state index in [2.05, 4.69) is 47.7 Å². The van der Waals surface area contributed by atoms with Gasteiger partial charge in [0, 0.05) is 28.3 Å². The monoisotopic (exact) mass is 323 g/mol. The largest absolute Gasteiger partial charge is 0.368 e. The Morgan fingerprint density at radius 1 is 1.32 bits per heavy atom. The number of halogens is 1. The second-order valence-corrected chi connectivity index (χ2v) is 6.84. The summed E-state index contributed by atoms with van der Waals surface area (Å²) in [6.45, 7) is 9.55. The molecule has 0 aliphatic carbocycles. The highest BCUT2D eigenvalue weighted by atomic mass is 79.9. The van der Waals surface area contributed by atoms with Crippen LogP contribution < -0.4 is 4.90 Å². The van der Waals surface area contributed by atoms with E-state index in [0.29, 0.717) is 17.9 Å². The van der Waals surface area contributed by atoms with Crippen LogP contribution in [0.2, 0.25) is 0 Å². The van der Waals surface area contributed by atoms with E-state index in [1.54, 1.807) is 6.92 Å². The fourth-order valence-corrected chi connectivity index (χ4v) is 3.43. The molecule has 0 amide bonds. The molecule has 2 nitrogen and oxygen atoms in total. The minimum Gasteiger partial charge on any atom is -0.368 e. The van der Waals surface area contributed by atoms with Crippen LogP contribution in [-0.4, -0.2) is 18.4 Å². The summed E-state index contributed by atoms with van der Waals surface area (Å²) >= 11 is 3.46. The third-order valence-corrected chi connectivity index (χ3v) is 4.74. The van der Waals surface area contributed by atoms with Crippen molar-refractivity contribution in [3.8, 4) is 0 Å². The van der Waals surface area contributed by atoms with Gasteiger partial charge in [-0.3, -0.25) is 4.79 Å². The summed E-state index contributed by atoms with van der Waals surface area (Å²) < 4.78 is 0.965. The number of ketones is 1. The first-order valence-electron chi connectivity index (χ1n) is 6.97. The van der Waals surface area contributed by atoms with Gasteiger partial charge in [-0.15, -0.1) is 0 Å². The number of hydrogen-bond donors (Lipinski definition) is 0. The highest BCUT2D eigenvalue weighted by Crippen LogP contribution is 2.34. The lowest BCUT2D eigenvalue weighted by Gasteiger charge is -2.43. The van der Waals surface area contributed by atoms with E-state index in [4.69, 9.17) is 0 Å². The maximum atomic E-state index is 11.9. The normalized spacial score (nSPS) is 27.4. The molecule has 3 atom stereocenters. The molecule has 1 aromatic rings. The predicted octanol–water partition coefficient (Wildman–Crippen LogP) is 4.52. The summed E-state index contributed by atoms with van der Waals surface area (Å²) in [5, 5.41) is 0. The molecule has 0 saturated carbocycles. The first kappa shape index (κ1) is 14.6. The molecule has 3 heteroatoms. The molecule has 1 aliphatic heterocycles. The van der Waals surface area contributed by atoms with Gasteiger partial charge in [0.15, 0.2) is 5.78 Å². The molecule has 1 heterocycles. The summed E-state index contributed by atoms with van der Waals surface area (Å²) in [6.07, 6.45) is 1.27. The molecule has 2 rings (SSSR count).